The SMILES string of the molecule is O=C(Cc1ccccc1F)N1CCN(S(=O)(=O)c2ccc(F)c(F)c2F)CC1. The summed E-state index contributed by atoms with van der Waals surface area (Å²) >= 11 is 0. The van der Waals surface area contributed by atoms with E-state index in [-0.39, 0.29) is 44.1 Å². The molecule has 1 amide bonds. The lowest BCUT2D eigenvalue weighted by Crippen LogP contribution is -2.51. The first-order valence-electron chi connectivity index (χ1n) is 8.36. The molecule has 1 aliphatic heterocycles. The van der Waals surface area contributed by atoms with Crippen molar-refractivity contribution in [1.82, 2.24) is 9.21 Å². The molecule has 3 rings (SSSR count). The van der Waals surface area contributed by atoms with E-state index in [0.717, 1.165) is 4.31 Å². The van der Waals surface area contributed by atoms with Crippen molar-refractivity contribution in [3.05, 3.63) is 65.2 Å². The average molecular weight is 416 g/mol. The van der Waals surface area contributed by atoms with Crippen molar-refractivity contribution in [3.63, 3.8) is 0 Å². The molecule has 1 heterocycles. The summed E-state index contributed by atoms with van der Waals surface area (Å²) in [6.45, 7) is -0.275. The van der Waals surface area contributed by atoms with Crippen LogP contribution in [0.5, 0.6) is 0 Å². The number of benzene rings is 2. The van der Waals surface area contributed by atoms with Gasteiger partial charge in [0, 0.05) is 26.2 Å². The zero-order chi connectivity index (χ0) is 20.5. The Labute approximate surface area is 159 Å². The Kier molecular flexibility index (Phi) is 5.71. The molecule has 2 aromatic carbocycles. The van der Waals surface area contributed by atoms with E-state index in [0.29, 0.717) is 12.1 Å². The number of nitrogens with zero attached hydrogens (tertiary/aromatic N) is 2. The second-order valence-electron chi connectivity index (χ2n) is 6.23. The largest absolute Gasteiger partial charge is 0.340 e. The number of amides is 1. The van der Waals surface area contributed by atoms with Gasteiger partial charge < -0.3 is 4.90 Å². The summed E-state index contributed by atoms with van der Waals surface area (Å²) < 4.78 is 79.9. The number of piperazine rings is 1. The fourth-order valence-electron chi connectivity index (χ4n) is 2.94. The fourth-order valence-corrected chi connectivity index (χ4v) is 4.42. The first kappa shape index (κ1) is 20.3. The third kappa shape index (κ3) is 3.88. The molecule has 0 saturated carbocycles. The highest BCUT2D eigenvalue weighted by Gasteiger charge is 2.33. The first-order valence-corrected chi connectivity index (χ1v) is 9.80. The van der Waals surface area contributed by atoms with Gasteiger partial charge >= 0.3 is 0 Å². The van der Waals surface area contributed by atoms with Crippen LogP contribution in [0, 0.1) is 23.3 Å². The maximum atomic E-state index is 13.9. The fraction of sp³-hybridized carbons (Fsp3) is 0.278. The molecule has 1 aliphatic rings. The Balaban J connectivity index is 1.69. The van der Waals surface area contributed by atoms with Crippen LogP contribution in [-0.2, 0) is 21.2 Å². The summed E-state index contributed by atoms with van der Waals surface area (Å²) in [5.74, 6) is -6.01. The zero-order valence-corrected chi connectivity index (χ0v) is 15.4. The van der Waals surface area contributed by atoms with Crippen molar-refractivity contribution in [3.8, 4) is 0 Å². The predicted molar refractivity (Wildman–Crippen MR) is 91.8 cm³/mol. The number of hydrogen-bond donors (Lipinski definition) is 0. The molecule has 28 heavy (non-hydrogen) atoms. The average Bonchev–Trinajstić information content (AvgIpc) is 2.68. The smallest absolute Gasteiger partial charge is 0.246 e. The number of sulfonamides is 1. The van der Waals surface area contributed by atoms with Gasteiger partial charge in [0.2, 0.25) is 15.9 Å². The quantitative estimate of drug-likeness (QED) is 0.568. The molecule has 0 atom stereocenters. The summed E-state index contributed by atoms with van der Waals surface area (Å²) in [5, 5.41) is 0. The number of carbonyl (C=O) groups excluding carboxylic acids is 1. The van der Waals surface area contributed by atoms with Crippen LogP contribution in [-0.4, -0.2) is 49.7 Å². The van der Waals surface area contributed by atoms with Crippen molar-refractivity contribution in [2.24, 2.45) is 0 Å². The van der Waals surface area contributed by atoms with E-state index in [1.54, 1.807) is 6.07 Å². The summed E-state index contributed by atoms with van der Waals surface area (Å²) in [6, 6.07) is 7.04. The van der Waals surface area contributed by atoms with E-state index in [1.165, 1.54) is 23.1 Å². The van der Waals surface area contributed by atoms with Gasteiger partial charge in [0.25, 0.3) is 0 Å². The molecule has 2 aromatic rings. The van der Waals surface area contributed by atoms with Crippen LogP contribution in [0.4, 0.5) is 17.6 Å². The van der Waals surface area contributed by atoms with Gasteiger partial charge in [-0.05, 0) is 23.8 Å². The maximum absolute atomic E-state index is 13.9. The molecule has 5 nitrogen and oxygen atoms in total. The Morgan fingerprint density at radius 1 is 0.857 bits per heavy atom. The van der Waals surface area contributed by atoms with E-state index >= 15 is 0 Å². The van der Waals surface area contributed by atoms with Crippen LogP contribution in [0.1, 0.15) is 5.56 Å². The number of hydrogen-bond acceptors (Lipinski definition) is 3. The Bertz CT molecular complexity index is 1010. The lowest BCUT2D eigenvalue weighted by atomic mass is 10.1. The van der Waals surface area contributed by atoms with E-state index in [9.17, 15) is 30.8 Å². The van der Waals surface area contributed by atoms with Gasteiger partial charge in [-0.3, -0.25) is 4.79 Å². The molecule has 0 radical (unpaired) electrons. The monoisotopic (exact) mass is 416 g/mol. The number of carbonyl (C=O) groups is 1. The highest BCUT2D eigenvalue weighted by molar-refractivity contribution is 7.89. The minimum Gasteiger partial charge on any atom is -0.340 e. The predicted octanol–water partition coefficient (Wildman–Crippen LogP) is 2.32. The third-order valence-electron chi connectivity index (χ3n) is 4.51. The molecular weight excluding hydrogens is 400 g/mol. The molecular formula is C18H16F4N2O3S. The molecule has 0 aromatic heterocycles. The summed E-state index contributed by atoms with van der Waals surface area (Å²) in [6.07, 6.45) is -0.169. The number of halogens is 4. The second-order valence-corrected chi connectivity index (χ2v) is 8.13. The molecule has 1 fully saturated rings. The third-order valence-corrected chi connectivity index (χ3v) is 6.42. The first-order chi connectivity index (χ1) is 13.2. The van der Waals surface area contributed by atoms with Gasteiger partial charge in [-0.1, -0.05) is 18.2 Å². The van der Waals surface area contributed by atoms with Gasteiger partial charge in [0.1, 0.15) is 10.7 Å². The van der Waals surface area contributed by atoms with Crippen LogP contribution in [0.2, 0.25) is 0 Å². The van der Waals surface area contributed by atoms with Gasteiger partial charge in [-0.15, -0.1) is 0 Å². The van der Waals surface area contributed by atoms with Crippen molar-refractivity contribution in [2.75, 3.05) is 26.2 Å². The van der Waals surface area contributed by atoms with Gasteiger partial charge in [-0.2, -0.15) is 4.31 Å². The minimum absolute atomic E-state index is 0.0117. The second kappa shape index (κ2) is 7.88. The molecule has 150 valence electrons. The Morgan fingerprint density at radius 2 is 1.50 bits per heavy atom. The van der Waals surface area contributed by atoms with Gasteiger partial charge in [0.05, 0.1) is 6.42 Å². The number of rotatable bonds is 4. The van der Waals surface area contributed by atoms with E-state index in [2.05, 4.69) is 0 Å². The van der Waals surface area contributed by atoms with Gasteiger partial charge in [0.15, 0.2) is 17.5 Å². The topological polar surface area (TPSA) is 57.7 Å². The van der Waals surface area contributed by atoms with Crippen LogP contribution >= 0.6 is 0 Å². The maximum Gasteiger partial charge on any atom is 0.246 e. The normalized spacial score (nSPS) is 15.6. The van der Waals surface area contributed by atoms with E-state index in [1.807, 2.05) is 0 Å². The van der Waals surface area contributed by atoms with Crippen molar-refractivity contribution in [1.29, 1.82) is 0 Å². The Morgan fingerprint density at radius 3 is 2.14 bits per heavy atom. The lowest BCUT2D eigenvalue weighted by Gasteiger charge is -2.34. The van der Waals surface area contributed by atoms with E-state index < -0.39 is 38.2 Å². The van der Waals surface area contributed by atoms with Crippen LogP contribution in [0.25, 0.3) is 0 Å². The molecule has 0 N–H and O–H groups in total. The lowest BCUT2D eigenvalue weighted by molar-refractivity contribution is -0.131. The van der Waals surface area contributed by atoms with Gasteiger partial charge in [-0.25, -0.2) is 26.0 Å². The molecule has 0 spiro atoms. The minimum atomic E-state index is -4.39. The van der Waals surface area contributed by atoms with Crippen molar-refractivity contribution in [2.45, 2.75) is 11.3 Å². The standard InChI is InChI=1S/C18H16F4N2O3S/c19-13-4-2-1-3-12(13)11-16(25)23-7-9-24(10-8-23)28(26,27)15-6-5-14(20)17(21)18(15)22/h1-6H,7-11H2. The molecule has 10 heteroatoms. The molecule has 1 saturated heterocycles. The highest BCUT2D eigenvalue weighted by Crippen LogP contribution is 2.24. The summed E-state index contributed by atoms with van der Waals surface area (Å²) in [5.41, 5.74) is 0.228. The molecule has 0 unspecified atom stereocenters. The molecule has 0 aliphatic carbocycles. The van der Waals surface area contributed by atoms with E-state index in [4.69, 9.17) is 0 Å². The highest BCUT2D eigenvalue weighted by atomic mass is 32.2. The Hall–Kier alpha value is -2.46. The molecule has 0 bridgehead atoms. The zero-order valence-electron chi connectivity index (χ0n) is 14.5. The van der Waals surface area contributed by atoms with Crippen molar-refractivity contribution < 1.29 is 30.8 Å². The van der Waals surface area contributed by atoms with Crippen LogP contribution < -0.4 is 0 Å². The summed E-state index contributed by atoms with van der Waals surface area (Å²) in [7, 11) is -4.39. The van der Waals surface area contributed by atoms with Crippen molar-refractivity contribution >= 4 is 15.9 Å². The van der Waals surface area contributed by atoms with Crippen LogP contribution in [0.15, 0.2) is 41.3 Å². The van der Waals surface area contributed by atoms with Crippen LogP contribution in [0.3, 0.4) is 0 Å². The summed E-state index contributed by atoms with van der Waals surface area (Å²) in [4.78, 5) is 12.7.